The Bertz CT molecular complexity index is 650. The number of hydrogen-bond donors (Lipinski definition) is 2. The summed E-state index contributed by atoms with van der Waals surface area (Å²) in [7, 11) is 0. The van der Waals surface area contributed by atoms with Crippen molar-refractivity contribution in [2.75, 3.05) is 0 Å². The molecule has 0 aliphatic heterocycles. The molecule has 3 aromatic rings. The first kappa shape index (κ1) is 9.51. The van der Waals surface area contributed by atoms with E-state index in [0.29, 0.717) is 11.9 Å². The van der Waals surface area contributed by atoms with Crippen LogP contribution >= 0.6 is 0 Å². The van der Waals surface area contributed by atoms with Crippen LogP contribution in [0.3, 0.4) is 0 Å². The molecule has 4 rings (SSSR count). The predicted molar refractivity (Wildman–Crippen MR) is 60.4 cm³/mol. The number of aromatic nitrogens is 8. The number of tetrazole rings is 1. The first-order chi connectivity index (χ1) is 8.92. The number of fused-ring (bicyclic) bond motifs is 1. The molecule has 0 radical (unpaired) electrons. The van der Waals surface area contributed by atoms with Crippen LogP contribution in [0.1, 0.15) is 17.3 Å². The molecular weight excluding hydrogens is 232 g/mol. The number of nitrogens with zero attached hydrogens (tertiary/aromatic N) is 6. The highest BCUT2D eigenvalue weighted by Gasteiger charge is 2.29. The molecule has 3 heterocycles. The number of hydrogen-bond acceptors (Lipinski definition) is 5. The lowest BCUT2D eigenvalue weighted by Gasteiger charge is -2.09. The molecule has 1 aliphatic carbocycles. The average Bonchev–Trinajstić information content (AvgIpc) is 3.13. The smallest absolute Gasteiger partial charge is 0.225 e. The second-order valence-electron chi connectivity index (χ2n) is 4.31. The molecule has 0 spiro atoms. The summed E-state index contributed by atoms with van der Waals surface area (Å²) < 4.78 is 1.98. The minimum Gasteiger partial charge on any atom is -0.281 e. The van der Waals surface area contributed by atoms with Crippen LogP contribution in [-0.4, -0.2) is 40.6 Å². The summed E-state index contributed by atoms with van der Waals surface area (Å²) in [5.74, 6) is 0.536. The van der Waals surface area contributed by atoms with Gasteiger partial charge in [-0.1, -0.05) is 0 Å². The third-order valence-electron chi connectivity index (χ3n) is 3.29. The molecular formula is C10H10N8. The normalized spacial score (nSPS) is 18.1. The van der Waals surface area contributed by atoms with Crippen molar-refractivity contribution >= 4 is 0 Å². The Morgan fingerprint density at radius 3 is 3.06 bits per heavy atom. The molecule has 90 valence electrons. The highest BCUT2D eigenvalue weighted by molar-refractivity contribution is 5.56. The van der Waals surface area contributed by atoms with Crippen LogP contribution in [0.4, 0.5) is 0 Å². The van der Waals surface area contributed by atoms with Gasteiger partial charge in [0.05, 0.1) is 6.04 Å². The van der Waals surface area contributed by atoms with Gasteiger partial charge in [0.25, 0.3) is 0 Å². The molecule has 0 saturated carbocycles. The van der Waals surface area contributed by atoms with Crippen LogP contribution in [-0.2, 0) is 12.8 Å². The zero-order valence-corrected chi connectivity index (χ0v) is 9.41. The van der Waals surface area contributed by atoms with E-state index in [1.54, 1.807) is 6.20 Å². The first-order valence-electron chi connectivity index (χ1n) is 5.71. The summed E-state index contributed by atoms with van der Waals surface area (Å²) in [6.07, 6.45) is 5.57. The molecule has 1 atom stereocenters. The molecule has 1 aliphatic rings. The topological polar surface area (TPSA) is 101 Å². The minimum atomic E-state index is 0.343. The molecule has 3 aromatic heterocycles. The second-order valence-corrected chi connectivity index (χ2v) is 4.31. The minimum absolute atomic E-state index is 0.343. The Labute approximate surface area is 101 Å². The van der Waals surface area contributed by atoms with E-state index in [1.165, 1.54) is 0 Å². The molecule has 1 unspecified atom stereocenters. The fourth-order valence-corrected chi connectivity index (χ4v) is 2.46. The quantitative estimate of drug-likeness (QED) is 0.665. The Morgan fingerprint density at radius 1 is 1.28 bits per heavy atom. The average molecular weight is 242 g/mol. The summed E-state index contributed by atoms with van der Waals surface area (Å²) >= 11 is 0. The second kappa shape index (κ2) is 3.49. The van der Waals surface area contributed by atoms with Crippen LogP contribution in [0.5, 0.6) is 0 Å². The van der Waals surface area contributed by atoms with Gasteiger partial charge in [-0.3, -0.25) is 9.78 Å². The van der Waals surface area contributed by atoms with E-state index in [-0.39, 0.29) is 0 Å². The maximum Gasteiger partial charge on any atom is 0.225 e. The molecule has 0 amide bonds. The van der Waals surface area contributed by atoms with E-state index in [2.05, 4.69) is 35.9 Å². The monoisotopic (exact) mass is 242 g/mol. The van der Waals surface area contributed by atoms with Gasteiger partial charge in [0.2, 0.25) is 5.82 Å². The lowest BCUT2D eigenvalue weighted by molar-refractivity contribution is 0.471. The van der Waals surface area contributed by atoms with E-state index < -0.39 is 0 Å². The highest BCUT2D eigenvalue weighted by atomic mass is 15.5. The van der Waals surface area contributed by atoms with Crippen molar-refractivity contribution in [3.8, 4) is 11.5 Å². The van der Waals surface area contributed by atoms with Crippen LogP contribution < -0.4 is 0 Å². The third-order valence-corrected chi connectivity index (χ3v) is 3.29. The molecule has 18 heavy (non-hydrogen) atoms. The van der Waals surface area contributed by atoms with Gasteiger partial charge in [-0.05, 0) is 17.7 Å². The summed E-state index contributed by atoms with van der Waals surface area (Å²) in [4.78, 5) is 0. The van der Waals surface area contributed by atoms with E-state index in [4.69, 9.17) is 0 Å². The maximum absolute atomic E-state index is 4.29. The Balaban J connectivity index is 1.71. The predicted octanol–water partition coefficient (Wildman–Crippen LogP) is 0.126. The van der Waals surface area contributed by atoms with Gasteiger partial charge in [-0.15, -0.1) is 10.2 Å². The van der Waals surface area contributed by atoms with E-state index in [1.807, 2.05) is 16.9 Å². The number of aromatic amines is 2. The van der Waals surface area contributed by atoms with Crippen molar-refractivity contribution in [1.29, 1.82) is 0 Å². The summed E-state index contributed by atoms with van der Waals surface area (Å²) in [6, 6.07) is 2.28. The van der Waals surface area contributed by atoms with Crippen LogP contribution in [0.2, 0.25) is 0 Å². The molecule has 0 bridgehead atoms. The van der Waals surface area contributed by atoms with Crippen molar-refractivity contribution in [3.05, 3.63) is 29.7 Å². The molecule has 8 heteroatoms. The fraction of sp³-hybridized carbons (Fsp3) is 0.300. The number of rotatable bonds is 2. The lowest BCUT2D eigenvalue weighted by atomic mass is 10.2. The number of nitrogens with one attached hydrogen (secondary N) is 2. The van der Waals surface area contributed by atoms with E-state index >= 15 is 0 Å². The molecule has 0 saturated heterocycles. The molecule has 8 nitrogen and oxygen atoms in total. The van der Waals surface area contributed by atoms with Gasteiger partial charge in [0.15, 0.2) is 0 Å². The fourth-order valence-electron chi connectivity index (χ4n) is 2.46. The van der Waals surface area contributed by atoms with Gasteiger partial charge in [0.1, 0.15) is 5.69 Å². The van der Waals surface area contributed by atoms with Crippen molar-refractivity contribution in [3.63, 3.8) is 0 Å². The van der Waals surface area contributed by atoms with Crippen LogP contribution in [0.15, 0.2) is 18.5 Å². The van der Waals surface area contributed by atoms with Crippen molar-refractivity contribution in [2.45, 2.75) is 18.9 Å². The SMILES string of the molecule is c1cnn(C2Cc3[nH]nc(-c4nn[nH]n4)c3C2)c1. The van der Waals surface area contributed by atoms with Gasteiger partial charge < -0.3 is 0 Å². The number of H-pyrrole nitrogens is 2. The van der Waals surface area contributed by atoms with Crippen LogP contribution in [0.25, 0.3) is 11.5 Å². The van der Waals surface area contributed by atoms with Gasteiger partial charge in [-0.25, -0.2) is 0 Å². The first-order valence-corrected chi connectivity index (χ1v) is 5.71. The third kappa shape index (κ3) is 1.28. The van der Waals surface area contributed by atoms with Crippen molar-refractivity contribution in [1.82, 2.24) is 40.6 Å². The van der Waals surface area contributed by atoms with Gasteiger partial charge in [-0.2, -0.15) is 15.4 Å². The molecule has 0 fully saturated rings. The van der Waals surface area contributed by atoms with Crippen LogP contribution in [0, 0.1) is 0 Å². The Hall–Kier alpha value is -2.51. The Morgan fingerprint density at radius 2 is 2.28 bits per heavy atom. The largest absolute Gasteiger partial charge is 0.281 e. The van der Waals surface area contributed by atoms with Crippen molar-refractivity contribution < 1.29 is 0 Å². The standard InChI is InChI=1S/C10H10N8/c1-2-11-18(3-1)6-4-7-8(5-6)12-13-9(7)10-14-16-17-15-10/h1-3,6H,4-5H2,(H,12,13)(H,14,15,16,17). The summed E-state index contributed by atoms with van der Waals surface area (Å²) in [5.41, 5.74) is 3.08. The zero-order chi connectivity index (χ0) is 11.9. The molecule has 2 N–H and O–H groups in total. The maximum atomic E-state index is 4.29. The van der Waals surface area contributed by atoms with E-state index in [0.717, 1.165) is 29.8 Å². The lowest BCUT2D eigenvalue weighted by Crippen LogP contribution is -2.10. The van der Waals surface area contributed by atoms with Crippen molar-refractivity contribution in [2.24, 2.45) is 0 Å². The van der Waals surface area contributed by atoms with Gasteiger partial charge >= 0.3 is 0 Å². The summed E-state index contributed by atoms with van der Waals surface area (Å²) in [6.45, 7) is 0. The zero-order valence-electron chi connectivity index (χ0n) is 9.41. The van der Waals surface area contributed by atoms with E-state index in [9.17, 15) is 0 Å². The highest BCUT2D eigenvalue weighted by Crippen LogP contribution is 2.33. The molecule has 0 aromatic carbocycles. The van der Waals surface area contributed by atoms with Gasteiger partial charge in [0, 0.05) is 30.1 Å². The summed E-state index contributed by atoms with van der Waals surface area (Å²) in [5, 5.41) is 25.6. The Kier molecular flexibility index (Phi) is 1.84.